The smallest absolute Gasteiger partial charge is 0.152 e. The third kappa shape index (κ3) is 2.86. The van der Waals surface area contributed by atoms with Gasteiger partial charge in [-0.15, -0.1) is 0 Å². The van der Waals surface area contributed by atoms with Crippen molar-refractivity contribution in [2.24, 2.45) is 5.41 Å². The van der Waals surface area contributed by atoms with E-state index in [-0.39, 0.29) is 12.2 Å². The maximum Gasteiger partial charge on any atom is 0.152 e. The molecule has 0 aliphatic heterocycles. The Labute approximate surface area is 55.5 Å². The fraction of sp³-hybridized carbons (Fsp3) is 0.571. The van der Waals surface area contributed by atoms with Crippen molar-refractivity contribution >= 4 is 5.78 Å². The van der Waals surface area contributed by atoms with Crippen LogP contribution in [0.5, 0.6) is 0 Å². The first-order chi connectivity index (χ1) is 3.98. The van der Waals surface area contributed by atoms with Crippen LogP contribution in [0.15, 0.2) is 0 Å². The van der Waals surface area contributed by atoms with E-state index < -0.39 is 5.41 Å². The van der Waals surface area contributed by atoms with Crippen molar-refractivity contribution in [2.45, 2.75) is 20.3 Å². The van der Waals surface area contributed by atoms with Gasteiger partial charge in [-0.25, -0.2) is 0 Å². The van der Waals surface area contributed by atoms with Crippen LogP contribution in [0.1, 0.15) is 20.3 Å². The lowest BCUT2D eigenvalue weighted by molar-refractivity contribution is -0.124. The SMILES string of the molecule is [CH2]C(C)(C)C(=O)CC#N. The molecule has 0 saturated heterocycles. The highest BCUT2D eigenvalue weighted by Crippen LogP contribution is 2.14. The zero-order chi connectivity index (χ0) is 7.49. The lowest BCUT2D eigenvalue weighted by Gasteiger charge is -2.12. The van der Waals surface area contributed by atoms with Crippen molar-refractivity contribution in [3.8, 4) is 6.07 Å². The highest BCUT2D eigenvalue weighted by atomic mass is 16.1. The van der Waals surface area contributed by atoms with Crippen LogP contribution in [0.25, 0.3) is 0 Å². The Kier molecular flexibility index (Phi) is 2.39. The van der Waals surface area contributed by atoms with Gasteiger partial charge in [0.05, 0.1) is 12.5 Å². The Hall–Kier alpha value is -0.840. The third-order valence-corrected chi connectivity index (χ3v) is 0.994. The molecule has 0 aromatic rings. The van der Waals surface area contributed by atoms with E-state index in [9.17, 15) is 4.79 Å². The first kappa shape index (κ1) is 8.16. The summed E-state index contributed by atoms with van der Waals surface area (Å²) in [6.45, 7) is 6.99. The summed E-state index contributed by atoms with van der Waals surface area (Å²) < 4.78 is 0. The molecule has 0 aromatic carbocycles. The number of rotatable bonds is 2. The van der Waals surface area contributed by atoms with E-state index >= 15 is 0 Å². The average molecular weight is 124 g/mol. The van der Waals surface area contributed by atoms with Crippen molar-refractivity contribution in [2.75, 3.05) is 0 Å². The van der Waals surface area contributed by atoms with Crippen molar-refractivity contribution < 1.29 is 4.79 Å². The van der Waals surface area contributed by atoms with Gasteiger partial charge in [0.1, 0.15) is 0 Å². The lowest BCUT2D eigenvalue weighted by atomic mass is 9.89. The van der Waals surface area contributed by atoms with Crippen LogP contribution < -0.4 is 0 Å². The zero-order valence-electron chi connectivity index (χ0n) is 5.77. The molecule has 0 rings (SSSR count). The first-order valence-corrected chi connectivity index (χ1v) is 2.74. The Bertz CT molecular complexity index is 147. The summed E-state index contributed by atoms with van der Waals surface area (Å²) in [7, 11) is 0. The standard InChI is InChI=1S/C7H10NO/c1-7(2,3)6(9)4-5-8/h1,4H2,2-3H3. The van der Waals surface area contributed by atoms with Crippen LogP contribution in [-0.4, -0.2) is 5.78 Å². The molecule has 0 saturated carbocycles. The molecule has 0 spiro atoms. The normalized spacial score (nSPS) is 10.4. The van der Waals surface area contributed by atoms with Crippen LogP contribution >= 0.6 is 0 Å². The lowest BCUT2D eigenvalue weighted by Crippen LogP contribution is -2.19. The molecule has 0 heterocycles. The number of carbonyl (C=O) groups excluding carboxylic acids is 1. The molecule has 2 nitrogen and oxygen atoms in total. The number of carbonyl (C=O) groups is 1. The van der Waals surface area contributed by atoms with Gasteiger partial charge in [0.15, 0.2) is 5.78 Å². The number of Topliss-reactive ketones (excluding diaryl/α,β-unsaturated/α-hetero) is 1. The van der Waals surface area contributed by atoms with E-state index in [0.717, 1.165) is 0 Å². The predicted octanol–water partition coefficient (Wildman–Crippen LogP) is 1.33. The zero-order valence-corrected chi connectivity index (χ0v) is 5.77. The number of hydrogen-bond acceptors (Lipinski definition) is 2. The molecule has 0 N–H and O–H groups in total. The molecule has 0 fully saturated rings. The second-order valence-corrected chi connectivity index (χ2v) is 2.64. The van der Waals surface area contributed by atoms with E-state index in [0.29, 0.717) is 0 Å². The molecule has 0 atom stereocenters. The van der Waals surface area contributed by atoms with Crippen LogP contribution in [0, 0.1) is 23.7 Å². The van der Waals surface area contributed by atoms with E-state index in [2.05, 4.69) is 6.92 Å². The van der Waals surface area contributed by atoms with Gasteiger partial charge in [0.2, 0.25) is 0 Å². The van der Waals surface area contributed by atoms with Crippen LogP contribution in [0.3, 0.4) is 0 Å². The fourth-order valence-electron chi connectivity index (χ4n) is 0.311. The minimum absolute atomic E-state index is 0.0312. The molecular weight excluding hydrogens is 114 g/mol. The molecule has 0 aromatic heterocycles. The minimum Gasteiger partial charge on any atom is -0.298 e. The molecule has 49 valence electrons. The first-order valence-electron chi connectivity index (χ1n) is 2.74. The minimum atomic E-state index is -0.601. The summed E-state index contributed by atoms with van der Waals surface area (Å²) in [5.74, 6) is -0.106. The second kappa shape index (κ2) is 2.63. The molecule has 9 heavy (non-hydrogen) atoms. The third-order valence-electron chi connectivity index (χ3n) is 0.994. The summed E-state index contributed by atoms with van der Waals surface area (Å²) in [4.78, 5) is 10.8. The quantitative estimate of drug-likeness (QED) is 0.557. The van der Waals surface area contributed by atoms with Gasteiger partial charge in [0.25, 0.3) is 0 Å². The topological polar surface area (TPSA) is 40.9 Å². The van der Waals surface area contributed by atoms with Crippen molar-refractivity contribution in [3.63, 3.8) is 0 Å². The molecule has 0 amide bonds. The molecule has 0 aliphatic rings. The maximum atomic E-state index is 10.8. The Balaban J connectivity index is 3.93. The summed E-state index contributed by atoms with van der Waals surface area (Å²) in [6, 6.07) is 1.78. The number of ketones is 1. The van der Waals surface area contributed by atoms with Gasteiger partial charge in [-0.3, -0.25) is 4.79 Å². The van der Waals surface area contributed by atoms with Crippen molar-refractivity contribution in [3.05, 3.63) is 6.92 Å². The van der Waals surface area contributed by atoms with Gasteiger partial charge >= 0.3 is 0 Å². The van der Waals surface area contributed by atoms with E-state index in [1.165, 1.54) is 0 Å². The Morgan fingerprint density at radius 2 is 2.22 bits per heavy atom. The average Bonchev–Trinajstić information content (AvgIpc) is 1.64. The van der Waals surface area contributed by atoms with Crippen molar-refractivity contribution in [1.29, 1.82) is 5.26 Å². The molecule has 0 unspecified atom stereocenters. The van der Waals surface area contributed by atoms with E-state index in [1.807, 2.05) is 0 Å². The molecule has 0 aliphatic carbocycles. The number of hydrogen-bond donors (Lipinski definition) is 0. The van der Waals surface area contributed by atoms with Crippen LogP contribution in [0.2, 0.25) is 0 Å². The number of nitrogens with zero attached hydrogens (tertiary/aromatic N) is 1. The monoisotopic (exact) mass is 124 g/mol. The van der Waals surface area contributed by atoms with Crippen LogP contribution in [-0.2, 0) is 4.79 Å². The summed E-state index contributed by atoms with van der Waals surface area (Å²) >= 11 is 0. The predicted molar refractivity (Wildman–Crippen MR) is 34.4 cm³/mol. The second-order valence-electron chi connectivity index (χ2n) is 2.64. The Morgan fingerprint density at radius 1 is 1.78 bits per heavy atom. The molecule has 1 radical (unpaired) electrons. The summed E-state index contributed by atoms with van der Waals surface area (Å²) in [5, 5.41) is 8.10. The Morgan fingerprint density at radius 3 is 2.33 bits per heavy atom. The maximum absolute atomic E-state index is 10.8. The largest absolute Gasteiger partial charge is 0.298 e. The van der Waals surface area contributed by atoms with Crippen LogP contribution in [0.4, 0.5) is 0 Å². The van der Waals surface area contributed by atoms with Crippen molar-refractivity contribution in [1.82, 2.24) is 0 Å². The van der Waals surface area contributed by atoms with Gasteiger partial charge in [-0.1, -0.05) is 13.8 Å². The number of nitriles is 1. The highest BCUT2D eigenvalue weighted by Gasteiger charge is 2.19. The van der Waals surface area contributed by atoms with E-state index in [1.54, 1.807) is 19.9 Å². The molecule has 2 heteroatoms. The molecular formula is C7H10NO. The highest BCUT2D eigenvalue weighted by molar-refractivity contribution is 5.86. The summed E-state index contributed by atoms with van der Waals surface area (Å²) in [5.41, 5.74) is -0.601. The molecule has 0 bridgehead atoms. The fourth-order valence-corrected chi connectivity index (χ4v) is 0.311. The van der Waals surface area contributed by atoms with Gasteiger partial charge in [-0.05, 0) is 6.92 Å². The van der Waals surface area contributed by atoms with E-state index in [4.69, 9.17) is 5.26 Å². The van der Waals surface area contributed by atoms with Gasteiger partial charge < -0.3 is 0 Å². The van der Waals surface area contributed by atoms with Gasteiger partial charge in [-0.2, -0.15) is 5.26 Å². The van der Waals surface area contributed by atoms with Gasteiger partial charge in [0, 0.05) is 5.41 Å². The summed E-state index contributed by atoms with van der Waals surface area (Å²) in [6.07, 6.45) is -0.0312.